The molecule has 0 aliphatic rings. The highest BCUT2D eigenvalue weighted by Crippen LogP contribution is 2.29. The van der Waals surface area contributed by atoms with Crippen LogP contribution in [0.1, 0.15) is 24.9 Å². The Hall–Kier alpha value is -1.81. The summed E-state index contributed by atoms with van der Waals surface area (Å²) < 4.78 is 1.75. The number of hydrogen-bond acceptors (Lipinski definition) is 2. The van der Waals surface area contributed by atoms with E-state index in [-0.39, 0.29) is 11.9 Å². The summed E-state index contributed by atoms with van der Waals surface area (Å²) in [5.74, 6) is 0.0470. The van der Waals surface area contributed by atoms with Crippen LogP contribution in [0.25, 0.3) is 11.3 Å². The SMILES string of the molecule is CCC(C(=O)N(C)C)n1cc(C)c(-c2ccccc2Cl)n1. The zero-order valence-corrected chi connectivity index (χ0v) is 13.6. The number of aryl methyl sites for hydroxylation is 1. The van der Waals surface area contributed by atoms with Gasteiger partial charge in [-0.1, -0.05) is 36.7 Å². The zero-order chi connectivity index (χ0) is 15.6. The quantitative estimate of drug-likeness (QED) is 0.866. The van der Waals surface area contributed by atoms with Crippen molar-refractivity contribution in [3.8, 4) is 11.3 Å². The Labute approximate surface area is 130 Å². The fourth-order valence-electron chi connectivity index (χ4n) is 2.33. The third kappa shape index (κ3) is 3.10. The standard InChI is InChI=1S/C16H20ClN3O/c1-5-14(16(21)19(3)4)20-10-11(2)15(18-20)12-8-6-7-9-13(12)17/h6-10,14H,5H2,1-4H3. The Balaban J connectivity index is 2.44. The predicted octanol–water partition coefficient (Wildman–Crippen LogP) is 3.55. The maximum absolute atomic E-state index is 12.2. The van der Waals surface area contributed by atoms with E-state index in [1.807, 2.05) is 44.3 Å². The molecule has 4 nitrogen and oxygen atoms in total. The molecule has 0 N–H and O–H groups in total. The van der Waals surface area contributed by atoms with Gasteiger partial charge in [-0.15, -0.1) is 0 Å². The Kier molecular flexibility index (Phi) is 4.68. The molecule has 2 aromatic rings. The fourth-order valence-corrected chi connectivity index (χ4v) is 2.56. The van der Waals surface area contributed by atoms with Gasteiger partial charge in [0.05, 0.1) is 10.7 Å². The smallest absolute Gasteiger partial charge is 0.246 e. The zero-order valence-electron chi connectivity index (χ0n) is 12.8. The predicted molar refractivity (Wildman–Crippen MR) is 85.4 cm³/mol. The van der Waals surface area contributed by atoms with E-state index in [0.29, 0.717) is 11.4 Å². The molecule has 1 unspecified atom stereocenters. The van der Waals surface area contributed by atoms with Crippen LogP contribution in [0, 0.1) is 6.92 Å². The van der Waals surface area contributed by atoms with Crippen molar-refractivity contribution in [2.75, 3.05) is 14.1 Å². The second kappa shape index (κ2) is 6.31. The number of hydrogen-bond donors (Lipinski definition) is 0. The van der Waals surface area contributed by atoms with Crippen molar-refractivity contribution in [2.24, 2.45) is 0 Å². The van der Waals surface area contributed by atoms with Gasteiger partial charge in [-0.2, -0.15) is 5.10 Å². The van der Waals surface area contributed by atoms with E-state index in [0.717, 1.165) is 16.8 Å². The summed E-state index contributed by atoms with van der Waals surface area (Å²) in [6, 6.07) is 7.33. The molecule has 1 heterocycles. The first-order chi connectivity index (χ1) is 9.95. The molecular formula is C16H20ClN3O. The third-order valence-electron chi connectivity index (χ3n) is 3.48. The minimum atomic E-state index is -0.282. The highest BCUT2D eigenvalue weighted by atomic mass is 35.5. The van der Waals surface area contributed by atoms with Crippen molar-refractivity contribution in [1.82, 2.24) is 14.7 Å². The first-order valence-electron chi connectivity index (χ1n) is 6.97. The number of aromatic nitrogens is 2. The Morgan fingerprint density at radius 1 is 1.38 bits per heavy atom. The number of rotatable bonds is 4. The van der Waals surface area contributed by atoms with Crippen LogP contribution in [0.2, 0.25) is 5.02 Å². The average Bonchev–Trinajstić information content (AvgIpc) is 2.81. The summed E-state index contributed by atoms with van der Waals surface area (Å²) in [4.78, 5) is 13.8. The molecule has 21 heavy (non-hydrogen) atoms. The van der Waals surface area contributed by atoms with Gasteiger partial charge < -0.3 is 4.90 Å². The van der Waals surface area contributed by atoms with Gasteiger partial charge in [-0.05, 0) is 25.0 Å². The van der Waals surface area contributed by atoms with Crippen LogP contribution in [0.5, 0.6) is 0 Å². The van der Waals surface area contributed by atoms with Crippen LogP contribution < -0.4 is 0 Å². The molecule has 112 valence electrons. The van der Waals surface area contributed by atoms with E-state index in [4.69, 9.17) is 11.6 Å². The molecular weight excluding hydrogens is 286 g/mol. The van der Waals surface area contributed by atoms with Crippen molar-refractivity contribution in [3.63, 3.8) is 0 Å². The Bertz CT molecular complexity index is 649. The van der Waals surface area contributed by atoms with Gasteiger partial charge in [0.1, 0.15) is 6.04 Å². The summed E-state index contributed by atoms with van der Waals surface area (Å²) in [5.41, 5.74) is 2.72. The summed E-state index contributed by atoms with van der Waals surface area (Å²) in [6.07, 6.45) is 2.61. The van der Waals surface area contributed by atoms with Crippen LogP contribution in [0.4, 0.5) is 0 Å². The molecule has 0 saturated heterocycles. The molecule has 2 rings (SSSR count). The van der Waals surface area contributed by atoms with Gasteiger partial charge in [0, 0.05) is 25.9 Å². The second-order valence-electron chi connectivity index (χ2n) is 5.28. The maximum Gasteiger partial charge on any atom is 0.246 e. The van der Waals surface area contributed by atoms with Crippen LogP contribution in [0.3, 0.4) is 0 Å². The minimum Gasteiger partial charge on any atom is -0.347 e. The second-order valence-corrected chi connectivity index (χ2v) is 5.68. The highest BCUT2D eigenvalue weighted by Gasteiger charge is 2.22. The number of carbonyl (C=O) groups excluding carboxylic acids is 1. The van der Waals surface area contributed by atoms with Gasteiger partial charge in [-0.3, -0.25) is 9.48 Å². The molecule has 0 saturated carbocycles. The van der Waals surface area contributed by atoms with Gasteiger partial charge >= 0.3 is 0 Å². The third-order valence-corrected chi connectivity index (χ3v) is 3.81. The monoisotopic (exact) mass is 305 g/mol. The number of benzene rings is 1. The summed E-state index contributed by atoms with van der Waals surface area (Å²) in [6.45, 7) is 3.97. The van der Waals surface area contributed by atoms with Crippen LogP contribution >= 0.6 is 11.6 Å². The number of halogens is 1. The van der Waals surface area contributed by atoms with Crippen molar-refractivity contribution in [3.05, 3.63) is 41.0 Å². The van der Waals surface area contributed by atoms with E-state index in [2.05, 4.69) is 5.10 Å². The lowest BCUT2D eigenvalue weighted by molar-refractivity contribution is -0.132. The molecule has 5 heteroatoms. The summed E-state index contributed by atoms with van der Waals surface area (Å²) in [5, 5.41) is 5.26. The molecule has 0 bridgehead atoms. The lowest BCUT2D eigenvalue weighted by Crippen LogP contribution is -2.31. The molecule has 1 atom stereocenters. The molecule has 0 fully saturated rings. The van der Waals surface area contributed by atoms with Crippen molar-refractivity contribution < 1.29 is 4.79 Å². The van der Waals surface area contributed by atoms with Crippen molar-refractivity contribution >= 4 is 17.5 Å². The number of likely N-dealkylation sites (N-methyl/N-ethyl adjacent to an activating group) is 1. The first-order valence-corrected chi connectivity index (χ1v) is 7.35. The molecule has 1 amide bonds. The fraction of sp³-hybridized carbons (Fsp3) is 0.375. The molecule has 0 aliphatic heterocycles. The van der Waals surface area contributed by atoms with E-state index in [1.165, 1.54) is 0 Å². The number of amides is 1. The lowest BCUT2D eigenvalue weighted by Gasteiger charge is -2.19. The van der Waals surface area contributed by atoms with E-state index in [1.54, 1.807) is 23.7 Å². The lowest BCUT2D eigenvalue weighted by atomic mass is 10.1. The largest absolute Gasteiger partial charge is 0.347 e. The Morgan fingerprint density at radius 3 is 2.62 bits per heavy atom. The van der Waals surface area contributed by atoms with Gasteiger partial charge in [0.15, 0.2) is 0 Å². The Morgan fingerprint density at radius 2 is 2.05 bits per heavy atom. The highest BCUT2D eigenvalue weighted by molar-refractivity contribution is 6.33. The maximum atomic E-state index is 12.2. The van der Waals surface area contributed by atoms with Crippen molar-refractivity contribution in [1.29, 1.82) is 0 Å². The van der Waals surface area contributed by atoms with Gasteiger partial charge in [-0.25, -0.2) is 0 Å². The normalized spacial score (nSPS) is 12.2. The molecule has 0 radical (unpaired) electrons. The summed E-state index contributed by atoms with van der Waals surface area (Å²) in [7, 11) is 3.52. The number of carbonyl (C=O) groups is 1. The van der Waals surface area contributed by atoms with Gasteiger partial charge in [0.2, 0.25) is 5.91 Å². The van der Waals surface area contributed by atoms with Crippen LogP contribution in [-0.2, 0) is 4.79 Å². The summed E-state index contributed by atoms with van der Waals surface area (Å²) >= 11 is 6.24. The van der Waals surface area contributed by atoms with E-state index < -0.39 is 0 Å². The minimum absolute atomic E-state index is 0.0470. The van der Waals surface area contributed by atoms with Crippen LogP contribution in [-0.4, -0.2) is 34.7 Å². The molecule has 0 aliphatic carbocycles. The van der Waals surface area contributed by atoms with Gasteiger partial charge in [0.25, 0.3) is 0 Å². The molecule has 1 aromatic carbocycles. The average molecular weight is 306 g/mol. The number of nitrogens with zero attached hydrogens (tertiary/aromatic N) is 3. The topological polar surface area (TPSA) is 38.1 Å². The molecule has 1 aromatic heterocycles. The first kappa shape index (κ1) is 15.6. The van der Waals surface area contributed by atoms with Crippen molar-refractivity contribution in [2.45, 2.75) is 26.3 Å². The van der Waals surface area contributed by atoms with Crippen LogP contribution in [0.15, 0.2) is 30.5 Å². The van der Waals surface area contributed by atoms with E-state index in [9.17, 15) is 4.79 Å². The molecule has 0 spiro atoms. The van der Waals surface area contributed by atoms with E-state index >= 15 is 0 Å².